The molecule has 3 aromatic rings. The second-order valence-electron chi connectivity index (χ2n) is 6.89. The number of carbonyl (C=O) groups is 4. The summed E-state index contributed by atoms with van der Waals surface area (Å²) in [7, 11) is 1.31. The van der Waals surface area contributed by atoms with Gasteiger partial charge in [-0.15, -0.1) is 0 Å². The summed E-state index contributed by atoms with van der Waals surface area (Å²) in [5.74, 6) is -1.33. The fraction of sp³-hybridized carbons (Fsp3) is 0.0870. The second-order valence-corrected chi connectivity index (χ2v) is 6.89. The van der Waals surface area contributed by atoms with Crippen LogP contribution in [0.4, 0.5) is 10.5 Å². The van der Waals surface area contributed by atoms with E-state index >= 15 is 0 Å². The molecule has 0 bridgehead atoms. The predicted octanol–water partition coefficient (Wildman–Crippen LogP) is 3.10. The number of imide groups is 2. The van der Waals surface area contributed by atoms with E-state index in [1.807, 2.05) is 6.92 Å². The molecule has 0 aliphatic carbocycles. The van der Waals surface area contributed by atoms with Gasteiger partial charge in [0, 0.05) is 11.8 Å². The molecule has 2 aromatic heterocycles. The number of urea groups is 1. The second kappa shape index (κ2) is 8.31. The topological polar surface area (TPSA) is 119 Å². The average molecular weight is 431 g/mol. The molecule has 1 aromatic carbocycles. The molecule has 0 radical (unpaired) electrons. The maximum absolute atomic E-state index is 12.9. The molecule has 160 valence electrons. The zero-order chi connectivity index (χ0) is 22.8. The first kappa shape index (κ1) is 20.7. The minimum atomic E-state index is -0.855. The van der Waals surface area contributed by atoms with Crippen molar-refractivity contribution < 1.29 is 28.3 Å². The molecule has 0 spiro atoms. The molecular formula is C23H17N3O6. The lowest BCUT2D eigenvalue weighted by atomic mass is 10.0. The molecule has 1 saturated heterocycles. The molecule has 9 heteroatoms. The van der Waals surface area contributed by atoms with E-state index < -0.39 is 23.8 Å². The lowest BCUT2D eigenvalue weighted by Crippen LogP contribution is -2.54. The Morgan fingerprint density at radius 3 is 2.66 bits per heavy atom. The van der Waals surface area contributed by atoms with E-state index in [1.165, 1.54) is 31.6 Å². The number of anilines is 1. The number of nitrogens with zero attached hydrogens (tertiary/aromatic N) is 2. The summed E-state index contributed by atoms with van der Waals surface area (Å²) in [5, 5.41) is 2.14. The number of nitrogens with one attached hydrogen (secondary N) is 1. The van der Waals surface area contributed by atoms with Crippen LogP contribution in [0.25, 0.3) is 17.4 Å². The summed E-state index contributed by atoms with van der Waals surface area (Å²) >= 11 is 0. The average Bonchev–Trinajstić information content (AvgIpc) is 3.25. The first-order chi connectivity index (χ1) is 15.4. The molecule has 1 aliphatic heterocycles. The fourth-order valence-corrected chi connectivity index (χ4v) is 3.28. The monoisotopic (exact) mass is 431 g/mol. The van der Waals surface area contributed by atoms with Crippen molar-refractivity contribution in [2.45, 2.75) is 6.92 Å². The maximum atomic E-state index is 12.9. The quantitative estimate of drug-likeness (QED) is 0.383. The Balaban J connectivity index is 1.65. The summed E-state index contributed by atoms with van der Waals surface area (Å²) in [6.45, 7) is 1.82. The lowest BCUT2D eigenvalue weighted by molar-refractivity contribution is -0.122. The summed E-state index contributed by atoms with van der Waals surface area (Å²) < 4.78 is 10.5. The van der Waals surface area contributed by atoms with Gasteiger partial charge in [0.15, 0.2) is 0 Å². The van der Waals surface area contributed by atoms with Crippen molar-refractivity contribution in [1.29, 1.82) is 0 Å². The highest BCUT2D eigenvalue weighted by atomic mass is 16.5. The Hall–Kier alpha value is -4.53. The molecule has 9 nitrogen and oxygen atoms in total. The van der Waals surface area contributed by atoms with E-state index in [-0.39, 0.29) is 17.0 Å². The van der Waals surface area contributed by atoms with Crippen LogP contribution in [-0.2, 0) is 14.3 Å². The van der Waals surface area contributed by atoms with Crippen LogP contribution in [0.3, 0.4) is 0 Å². The van der Waals surface area contributed by atoms with Crippen LogP contribution in [0.5, 0.6) is 0 Å². The van der Waals surface area contributed by atoms with Crippen molar-refractivity contribution in [2.75, 3.05) is 12.0 Å². The number of esters is 1. The highest BCUT2D eigenvalue weighted by Crippen LogP contribution is 2.28. The van der Waals surface area contributed by atoms with Crippen molar-refractivity contribution in [2.24, 2.45) is 0 Å². The van der Waals surface area contributed by atoms with E-state index in [0.717, 1.165) is 16.0 Å². The predicted molar refractivity (Wildman–Crippen MR) is 113 cm³/mol. The normalized spacial score (nSPS) is 15.1. The third-order valence-electron chi connectivity index (χ3n) is 4.83. The Labute approximate surface area is 182 Å². The van der Waals surface area contributed by atoms with E-state index in [2.05, 4.69) is 10.3 Å². The number of amides is 4. The van der Waals surface area contributed by atoms with Gasteiger partial charge in [0.05, 0.1) is 24.6 Å². The molecule has 0 atom stereocenters. The van der Waals surface area contributed by atoms with Gasteiger partial charge >= 0.3 is 12.0 Å². The van der Waals surface area contributed by atoms with Crippen LogP contribution in [0, 0.1) is 6.92 Å². The molecule has 1 aliphatic rings. The highest BCUT2D eigenvalue weighted by molar-refractivity contribution is 6.39. The summed E-state index contributed by atoms with van der Waals surface area (Å²) in [6, 6.07) is 10.5. The van der Waals surface area contributed by atoms with Crippen molar-refractivity contribution in [1.82, 2.24) is 10.3 Å². The summed E-state index contributed by atoms with van der Waals surface area (Å²) in [6.07, 6.45) is 4.12. The van der Waals surface area contributed by atoms with Crippen LogP contribution >= 0.6 is 0 Å². The first-order valence-electron chi connectivity index (χ1n) is 9.49. The molecule has 0 unspecified atom stereocenters. The maximum Gasteiger partial charge on any atom is 0.337 e. The Morgan fingerprint density at radius 1 is 1.16 bits per heavy atom. The van der Waals surface area contributed by atoms with Crippen LogP contribution in [0.2, 0.25) is 0 Å². The molecule has 1 fully saturated rings. The van der Waals surface area contributed by atoms with Gasteiger partial charge in [0.1, 0.15) is 17.1 Å². The smallest absolute Gasteiger partial charge is 0.337 e. The molecular weight excluding hydrogens is 414 g/mol. The number of aryl methyl sites for hydroxylation is 1. The van der Waals surface area contributed by atoms with E-state index in [9.17, 15) is 19.2 Å². The minimum Gasteiger partial charge on any atom is -0.465 e. The number of benzene rings is 1. The number of pyridine rings is 1. The third kappa shape index (κ3) is 3.79. The van der Waals surface area contributed by atoms with Crippen molar-refractivity contribution in [3.63, 3.8) is 0 Å². The fourth-order valence-electron chi connectivity index (χ4n) is 3.28. The summed E-state index contributed by atoms with van der Waals surface area (Å²) in [5.41, 5.74) is 1.89. The number of barbiturate groups is 1. The van der Waals surface area contributed by atoms with Crippen molar-refractivity contribution >= 4 is 35.6 Å². The summed E-state index contributed by atoms with van der Waals surface area (Å²) in [4.78, 5) is 53.8. The Kier molecular flexibility index (Phi) is 5.38. The lowest BCUT2D eigenvalue weighted by Gasteiger charge is -2.25. The van der Waals surface area contributed by atoms with Gasteiger partial charge in [-0.3, -0.25) is 19.9 Å². The van der Waals surface area contributed by atoms with Crippen LogP contribution in [0.15, 0.2) is 64.8 Å². The van der Waals surface area contributed by atoms with Gasteiger partial charge in [-0.1, -0.05) is 6.07 Å². The van der Waals surface area contributed by atoms with Crippen molar-refractivity contribution in [3.05, 3.63) is 77.3 Å². The number of aromatic nitrogens is 1. The Morgan fingerprint density at radius 2 is 1.97 bits per heavy atom. The number of hydrogen-bond acceptors (Lipinski definition) is 7. The van der Waals surface area contributed by atoms with E-state index in [0.29, 0.717) is 11.3 Å². The van der Waals surface area contributed by atoms with Gasteiger partial charge < -0.3 is 9.15 Å². The van der Waals surface area contributed by atoms with Gasteiger partial charge in [-0.2, -0.15) is 0 Å². The van der Waals surface area contributed by atoms with Gasteiger partial charge in [0.2, 0.25) is 0 Å². The Bertz CT molecular complexity index is 1280. The van der Waals surface area contributed by atoms with Crippen LogP contribution in [-0.4, -0.2) is 35.9 Å². The van der Waals surface area contributed by atoms with Gasteiger partial charge in [-0.25, -0.2) is 14.5 Å². The molecule has 4 amide bonds. The SMILES string of the molecule is COC(=O)c1ccc(-c2ccc(/C=C3\C(=O)NC(=O)N(c4cccnc4)C3=O)o2)c(C)c1. The zero-order valence-corrected chi connectivity index (χ0v) is 17.1. The third-order valence-corrected chi connectivity index (χ3v) is 4.83. The molecule has 4 rings (SSSR count). The van der Waals surface area contributed by atoms with Crippen LogP contribution in [0.1, 0.15) is 21.7 Å². The van der Waals surface area contributed by atoms with Crippen molar-refractivity contribution in [3.8, 4) is 11.3 Å². The molecule has 32 heavy (non-hydrogen) atoms. The number of hydrogen-bond donors (Lipinski definition) is 1. The first-order valence-corrected chi connectivity index (χ1v) is 9.49. The zero-order valence-electron chi connectivity index (χ0n) is 17.1. The van der Waals surface area contributed by atoms with Crippen LogP contribution < -0.4 is 10.2 Å². The number of furan rings is 1. The number of carbonyl (C=O) groups excluding carboxylic acids is 4. The molecule has 3 heterocycles. The molecule has 0 saturated carbocycles. The van der Waals surface area contributed by atoms with Gasteiger partial charge in [0.25, 0.3) is 11.8 Å². The largest absolute Gasteiger partial charge is 0.465 e. The van der Waals surface area contributed by atoms with E-state index in [1.54, 1.807) is 36.4 Å². The number of rotatable bonds is 4. The highest BCUT2D eigenvalue weighted by Gasteiger charge is 2.37. The molecule has 1 N–H and O–H groups in total. The number of methoxy groups -OCH3 is 1. The van der Waals surface area contributed by atoms with Gasteiger partial charge in [-0.05, 0) is 55.0 Å². The number of ether oxygens (including phenoxy) is 1. The standard InChI is InChI=1S/C23H17N3O6/c1-13-10-14(22(29)31-2)5-7-17(13)19-8-6-16(32-19)11-18-20(27)25-23(30)26(21(18)28)15-4-3-9-24-12-15/h3-12H,1-2H3,(H,25,27,30)/b18-11+. The van der Waals surface area contributed by atoms with E-state index in [4.69, 9.17) is 9.15 Å². The minimum absolute atomic E-state index is 0.231.